The number of aliphatic hydroxyl groups excluding tert-OH is 2. The largest absolute Gasteiger partial charge is 0.510 e. The van der Waals surface area contributed by atoms with Gasteiger partial charge in [-0.2, -0.15) is 0 Å². The Balaban J connectivity index is 1.78. The summed E-state index contributed by atoms with van der Waals surface area (Å²) in [5.74, 6) is -1.47. The van der Waals surface area contributed by atoms with Crippen LogP contribution in [0.1, 0.15) is 124 Å². The van der Waals surface area contributed by atoms with Gasteiger partial charge in [0.2, 0.25) is 0 Å². The molecule has 7 rings (SSSR count). The van der Waals surface area contributed by atoms with E-state index in [1.54, 1.807) is 0 Å². The molecule has 0 radical (unpaired) electrons. The van der Waals surface area contributed by atoms with Crippen LogP contribution >= 0.6 is 0 Å². The third-order valence-corrected chi connectivity index (χ3v) is 12.2. The first kappa shape index (κ1) is 39.1. The van der Waals surface area contributed by atoms with Crippen LogP contribution in [-0.2, 0) is 22.4 Å². The third kappa shape index (κ3) is 6.93. The Hall–Kier alpha value is -5.20. The number of allylic oxidation sites excluding steroid dienone is 4. The highest BCUT2D eigenvalue weighted by Crippen LogP contribution is 2.36. The number of aryl methyl sites for hydroxylation is 4. The molecule has 3 aromatic heterocycles. The molecule has 8 N–H and O–H groups in total. The van der Waals surface area contributed by atoms with Crippen LogP contribution in [0.3, 0.4) is 0 Å². The van der Waals surface area contributed by atoms with Gasteiger partial charge in [0.15, 0.2) is 0 Å². The first-order valence-electron chi connectivity index (χ1n) is 20.1. The van der Waals surface area contributed by atoms with Crippen LogP contribution < -0.4 is 21.1 Å². The summed E-state index contributed by atoms with van der Waals surface area (Å²) in [7, 11) is 0. The molecule has 8 bridgehead atoms. The predicted molar refractivity (Wildman–Crippen MR) is 221 cm³/mol. The van der Waals surface area contributed by atoms with Crippen LogP contribution in [-0.4, -0.2) is 77.5 Å². The number of nitrogens with one attached hydrogen (secondary N) is 4. The van der Waals surface area contributed by atoms with Crippen molar-refractivity contribution in [2.75, 3.05) is 13.1 Å². The molecule has 0 saturated carbocycles. The summed E-state index contributed by atoms with van der Waals surface area (Å²) in [5, 5.41) is 52.4. The molecular formula is C44H54N6O6. The Labute approximate surface area is 326 Å². The number of H-pyrrole nitrogens is 2. The molecule has 56 heavy (non-hydrogen) atoms. The molecule has 0 aromatic carbocycles. The lowest BCUT2D eigenvalue weighted by Gasteiger charge is -2.11. The normalized spacial score (nSPS) is 19.6. The van der Waals surface area contributed by atoms with Gasteiger partial charge in [-0.15, -0.1) is 0 Å². The van der Waals surface area contributed by atoms with Crippen molar-refractivity contribution in [1.82, 2.24) is 30.6 Å². The number of aromatic amines is 2. The average Bonchev–Trinajstić information content (AvgIpc) is 4.02. The predicted octanol–water partition coefficient (Wildman–Crippen LogP) is 6.48. The van der Waals surface area contributed by atoms with E-state index < -0.39 is 11.9 Å². The van der Waals surface area contributed by atoms with Crippen molar-refractivity contribution in [2.24, 2.45) is 0 Å². The van der Waals surface area contributed by atoms with Gasteiger partial charge in [-0.1, -0.05) is 13.8 Å². The molecule has 12 heteroatoms. The van der Waals surface area contributed by atoms with Crippen LogP contribution in [0.5, 0.6) is 0 Å². The minimum atomic E-state index is -0.933. The van der Waals surface area contributed by atoms with Crippen molar-refractivity contribution in [3.05, 3.63) is 67.6 Å². The number of aromatic nitrogens is 4. The summed E-state index contributed by atoms with van der Waals surface area (Å²) in [6.07, 6.45) is 4.94. The molecule has 2 fully saturated rings. The molecular weight excluding hydrogens is 709 g/mol. The Morgan fingerprint density at radius 3 is 1.82 bits per heavy atom. The van der Waals surface area contributed by atoms with E-state index in [4.69, 9.17) is 9.97 Å². The number of carboxylic acid groups (broad SMARTS) is 2. The topological polar surface area (TPSA) is 196 Å². The lowest BCUT2D eigenvalue weighted by molar-refractivity contribution is -0.137. The van der Waals surface area contributed by atoms with E-state index in [1.807, 2.05) is 26.0 Å². The number of aliphatic carboxylic acids is 2. The second-order valence-corrected chi connectivity index (χ2v) is 15.5. The Kier molecular flexibility index (Phi) is 11.0. The monoisotopic (exact) mass is 762 g/mol. The van der Waals surface area contributed by atoms with Crippen LogP contribution in [0.15, 0.2) is 12.1 Å². The highest BCUT2D eigenvalue weighted by molar-refractivity contribution is 5.96. The minimum Gasteiger partial charge on any atom is -0.510 e. The number of aliphatic hydroxyl groups is 2. The highest BCUT2D eigenvalue weighted by atomic mass is 16.4. The molecule has 296 valence electrons. The molecule has 12 nitrogen and oxygen atoms in total. The zero-order valence-corrected chi connectivity index (χ0v) is 33.3. The Morgan fingerprint density at radius 1 is 0.661 bits per heavy atom. The fourth-order valence-electron chi connectivity index (χ4n) is 9.13. The Bertz CT molecular complexity index is 2490. The van der Waals surface area contributed by atoms with Crippen LogP contribution in [0.25, 0.3) is 55.9 Å². The van der Waals surface area contributed by atoms with Gasteiger partial charge in [0.1, 0.15) is 11.5 Å². The number of carbonyl (C=O) groups is 2. The molecule has 0 amide bonds. The van der Waals surface area contributed by atoms with Crippen LogP contribution in [0.2, 0.25) is 0 Å². The highest BCUT2D eigenvalue weighted by Gasteiger charge is 2.29. The van der Waals surface area contributed by atoms with Crippen molar-refractivity contribution in [2.45, 2.75) is 118 Å². The molecule has 0 aliphatic carbocycles. The van der Waals surface area contributed by atoms with E-state index in [0.29, 0.717) is 51.4 Å². The van der Waals surface area contributed by atoms with Crippen molar-refractivity contribution in [1.29, 1.82) is 0 Å². The van der Waals surface area contributed by atoms with Gasteiger partial charge >= 0.3 is 11.9 Å². The van der Waals surface area contributed by atoms with E-state index in [-0.39, 0.29) is 49.3 Å². The maximum atomic E-state index is 12.4. The number of fused-ring (bicyclic) bond motifs is 8. The fourth-order valence-corrected chi connectivity index (χ4v) is 9.13. The number of carboxylic acids is 2. The molecule has 2 atom stereocenters. The van der Waals surface area contributed by atoms with Crippen molar-refractivity contribution < 1.29 is 30.0 Å². The number of nitrogens with zero attached hydrogens (tertiary/aromatic N) is 2. The summed E-state index contributed by atoms with van der Waals surface area (Å²) >= 11 is 0. The lowest BCUT2D eigenvalue weighted by Crippen LogP contribution is -2.29. The summed E-state index contributed by atoms with van der Waals surface area (Å²) < 4.78 is 0. The quantitative estimate of drug-likeness (QED) is 0.113. The summed E-state index contributed by atoms with van der Waals surface area (Å²) in [6.45, 7) is 13.7. The molecule has 4 aliphatic rings. The maximum absolute atomic E-state index is 12.4. The first-order chi connectivity index (χ1) is 26.8. The Morgan fingerprint density at radius 2 is 1.25 bits per heavy atom. The fraction of sp³-hybridized carbons (Fsp3) is 0.455. The van der Waals surface area contributed by atoms with E-state index in [9.17, 15) is 30.0 Å². The van der Waals surface area contributed by atoms with Crippen molar-refractivity contribution in [3.8, 4) is 0 Å². The van der Waals surface area contributed by atoms with E-state index in [1.165, 1.54) is 0 Å². The number of rotatable bonds is 10. The zero-order valence-electron chi connectivity index (χ0n) is 33.3. The summed E-state index contributed by atoms with van der Waals surface area (Å²) in [6, 6.07) is 3.33. The molecule has 7 heterocycles. The van der Waals surface area contributed by atoms with E-state index in [2.05, 4.69) is 48.3 Å². The van der Waals surface area contributed by atoms with Gasteiger partial charge in [0.25, 0.3) is 0 Å². The first-order valence-corrected chi connectivity index (χ1v) is 20.1. The van der Waals surface area contributed by atoms with Gasteiger partial charge in [0, 0.05) is 23.9 Å². The average molecular weight is 763 g/mol. The van der Waals surface area contributed by atoms with Gasteiger partial charge in [0.05, 0.1) is 56.3 Å². The molecule has 0 spiro atoms. The van der Waals surface area contributed by atoms with Gasteiger partial charge in [-0.3, -0.25) is 9.59 Å². The number of hydrogen-bond donors (Lipinski definition) is 8. The van der Waals surface area contributed by atoms with Crippen LogP contribution in [0.4, 0.5) is 0 Å². The maximum Gasteiger partial charge on any atom is 0.303 e. The number of hydrogen-bond acceptors (Lipinski definition) is 8. The molecule has 3 aromatic rings. The van der Waals surface area contributed by atoms with Gasteiger partial charge in [-0.05, 0) is 149 Å². The smallest absolute Gasteiger partial charge is 0.303 e. The van der Waals surface area contributed by atoms with Gasteiger partial charge < -0.3 is 41.0 Å². The van der Waals surface area contributed by atoms with Crippen LogP contribution in [0, 0.1) is 13.8 Å². The second-order valence-electron chi connectivity index (χ2n) is 15.5. The minimum absolute atomic E-state index is 0.0762. The molecule has 4 aliphatic heterocycles. The molecule has 2 saturated heterocycles. The third-order valence-electron chi connectivity index (χ3n) is 12.2. The van der Waals surface area contributed by atoms with E-state index in [0.717, 1.165) is 100 Å². The van der Waals surface area contributed by atoms with Crippen molar-refractivity contribution in [3.63, 3.8) is 0 Å². The zero-order chi connectivity index (χ0) is 40.0. The summed E-state index contributed by atoms with van der Waals surface area (Å²) in [5.41, 5.74) is 12.6. The van der Waals surface area contributed by atoms with Gasteiger partial charge in [-0.25, -0.2) is 9.97 Å². The van der Waals surface area contributed by atoms with E-state index >= 15 is 0 Å². The lowest BCUT2D eigenvalue weighted by atomic mass is 9.98. The summed E-state index contributed by atoms with van der Waals surface area (Å²) in [4.78, 5) is 41.8. The van der Waals surface area contributed by atoms with Crippen molar-refractivity contribution >= 4 is 67.8 Å². The SMILES string of the molecule is CCC1=C(C)c2cc3[nH]c(cc4nc(c(=C(O)[C@@H]5CCCN5)c5[nH]c(c(C)c5CC)c(=C(O)[C@@H]5CCCN5)c1n2)C(C)=C4CCC(=O)O)c(CCC(=O)O)c3C. The standard InChI is InChI=1S/C44H54N6O6/c1-7-25-21(3)32-19-31-22(4)27(13-15-35(51)52)33(47-31)20-34-28(14-16-36(53)54)24(6)39(49-34)37(43(55)29-11-9-17-45-29)42-26(8-2)23(5)40(50-42)38(41(25)48-32)44(56)30-12-10-18-46-30/h19-20,29-30,45-47,50,55-56H,7-18H2,1-6H3,(H,51,52)(H,53,54)/t29-,30-/m0/s1. The molecule has 0 unspecified atom stereocenters. The second kappa shape index (κ2) is 15.7.